The smallest absolute Gasteiger partial charge is 0.418 e. The lowest BCUT2D eigenvalue weighted by molar-refractivity contribution is -0.137. The van der Waals surface area contributed by atoms with Gasteiger partial charge in [-0.1, -0.05) is 43.9 Å². The van der Waals surface area contributed by atoms with Crippen molar-refractivity contribution in [1.29, 1.82) is 0 Å². The van der Waals surface area contributed by atoms with Gasteiger partial charge in [0, 0.05) is 58.6 Å². The molecule has 248 valence electrons. The van der Waals surface area contributed by atoms with Gasteiger partial charge in [-0.05, 0) is 31.6 Å². The molecule has 2 aliphatic heterocycles. The van der Waals surface area contributed by atoms with Gasteiger partial charge in [-0.2, -0.15) is 18.2 Å². The zero-order valence-electron chi connectivity index (χ0n) is 27.0. The van der Waals surface area contributed by atoms with Crippen LogP contribution in [0.15, 0.2) is 36.5 Å². The Morgan fingerprint density at radius 2 is 1.74 bits per heavy atom. The Hall–Kier alpha value is -3.75. The second kappa shape index (κ2) is 13.5. The molecule has 46 heavy (non-hydrogen) atoms. The molecule has 10 nitrogen and oxygen atoms in total. The first-order chi connectivity index (χ1) is 21.7. The average Bonchev–Trinajstić information content (AvgIpc) is 3.01. The topological polar surface area (TPSA) is 110 Å². The molecule has 2 aliphatic rings. The number of alkyl halides is 3. The van der Waals surface area contributed by atoms with Crippen molar-refractivity contribution >= 4 is 25.6 Å². The highest BCUT2D eigenvalue weighted by molar-refractivity contribution is 6.76. The highest BCUT2D eigenvalue weighted by Gasteiger charge is 2.44. The fraction of sp³-hybridized carbons (Fsp3) is 0.500. The number of nitrogens with two attached hydrogens (primary N) is 1. The maximum Gasteiger partial charge on any atom is 0.418 e. The summed E-state index contributed by atoms with van der Waals surface area (Å²) in [5.74, 6) is -0.650. The van der Waals surface area contributed by atoms with Gasteiger partial charge in [0.25, 0.3) is 5.91 Å². The first kappa shape index (κ1) is 33.6. The summed E-state index contributed by atoms with van der Waals surface area (Å²) < 4.78 is 57.9. The maximum atomic E-state index is 15.4. The van der Waals surface area contributed by atoms with Crippen LogP contribution in [0.1, 0.15) is 22.8 Å². The number of halogens is 3. The van der Waals surface area contributed by atoms with E-state index in [1.165, 1.54) is 0 Å². The fourth-order valence-corrected chi connectivity index (χ4v) is 6.40. The van der Waals surface area contributed by atoms with Crippen molar-refractivity contribution in [1.82, 2.24) is 19.9 Å². The third kappa shape index (κ3) is 7.45. The number of piperazine rings is 1. The van der Waals surface area contributed by atoms with Gasteiger partial charge in [0.2, 0.25) is 5.88 Å². The minimum absolute atomic E-state index is 0.0122. The standard InChI is InChI=1S/C32H42F3N7O3Si/c1-21-20-42(13-12-40(21)2)30-26(28(36)43)27(32(33,34)35)25(31(39-30)45-18-19-46(3,4)5)22-8-6-7-9-23(22)29-37-11-10-24(38-29)41-14-16-44-17-15-41/h6-11,21H,12-20H2,1-5H3,(H2,36,43). The molecule has 5 rings (SSSR count). The zero-order chi connectivity index (χ0) is 33.2. The molecular formula is C32H42F3N7O3Si. The van der Waals surface area contributed by atoms with E-state index in [4.69, 9.17) is 25.2 Å². The van der Waals surface area contributed by atoms with Crippen molar-refractivity contribution in [2.24, 2.45) is 5.73 Å². The van der Waals surface area contributed by atoms with Crippen LogP contribution in [0.4, 0.5) is 24.8 Å². The number of anilines is 2. The third-order valence-electron chi connectivity index (χ3n) is 8.44. The molecule has 2 N–H and O–H groups in total. The largest absolute Gasteiger partial charge is 0.477 e. The molecule has 0 spiro atoms. The van der Waals surface area contributed by atoms with E-state index < -0.39 is 31.3 Å². The number of benzene rings is 1. The lowest BCUT2D eigenvalue weighted by atomic mass is 9.91. The van der Waals surface area contributed by atoms with E-state index in [9.17, 15) is 4.79 Å². The summed E-state index contributed by atoms with van der Waals surface area (Å²) in [7, 11) is 0.317. The van der Waals surface area contributed by atoms with E-state index in [0.717, 1.165) is 0 Å². The fourth-order valence-electron chi connectivity index (χ4n) is 5.69. The molecular weight excluding hydrogens is 615 g/mol. The summed E-state index contributed by atoms with van der Waals surface area (Å²) in [6.07, 6.45) is -3.39. The van der Waals surface area contributed by atoms with Crippen molar-refractivity contribution in [3.63, 3.8) is 0 Å². The van der Waals surface area contributed by atoms with Gasteiger partial charge in [0.15, 0.2) is 5.82 Å². The molecule has 2 saturated heterocycles. The Labute approximate surface area is 268 Å². The van der Waals surface area contributed by atoms with E-state index in [1.54, 1.807) is 41.4 Å². The Kier molecular flexibility index (Phi) is 9.89. The monoisotopic (exact) mass is 657 g/mol. The molecule has 4 heterocycles. The van der Waals surface area contributed by atoms with Crippen molar-refractivity contribution in [2.45, 2.75) is 44.8 Å². The molecule has 2 aromatic heterocycles. The van der Waals surface area contributed by atoms with Crippen LogP contribution in [0.2, 0.25) is 25.7 Å². The molecule has 0 bridgehead atoms. The Balaban J connectivity index is 1.75. The van der Waals surface area contributed by atoms with E-state index in [2.05, 4.69) is 29.5 Å². The van der Waals surface area contributed by atoms with Gasteiger partial charge in [0.1, 0.15) is 11.6 Å². The second-order valence-electron chi connectivity index (χ2n) is 13.0. The van der Waals surface area contributed by atoms with E-state index in [0.29, 0.717) is 63.4 Å². The number of amides is 1. The van der Waals surface area contributed by atoms with Crippen molar-refractivity contribution in [3.8, 4) is 28.4 Å². The molecule has 0 saturated carbocycles. The Morgan fingerprint density at radius 3 is 2.37 bits per heavy atom. The number of primary amides is 1. The number of morpholine rings is 1. The number of hydrogen-bond donors (Lipinski definition) is 1. The van der Waals surface area contributed by atoms with Crippen LogP contribution < -0.4 is 20.3 Å². The number of nitrogens with zero attached hydrogens (tertiary/aromatic N) is 6. The van der Waals surface area contributed by atoms with Crippen molar-refractivity contribution in [2.75, 3.05) is 69.4 Å². The van der Waals surface area contributed by atoms with Crippen LogP contribution in [0.25, 0.3) is 22.5 Å². The molecule has 1 amide bonds. The number of carbonyl (C=O) groups is 1. The number of ether oxygens (including phenoxy) is 2. The molecule has 14 heteroatoms. The lowest BCUT2D eigenvalue weighted by Crippen LogP contribution is -2.51. The minimum atomic E-state index is -4.98. The highest BCUT2D eigenvalue weighted by atomic mass is 28.3. The number of hydrogen-bond acceptors (Lipinski definition) is 9. The number of likely N-dealkylation sites (N-methyl/N-ethyl adjacent to an activating group) is 1. The SMILES string of the molecule is CC1CN(c2nc(OCC[Si](C)(C)C)c(-c3ccccc3-c3nccc(N4CCOCC4)n3)c(C(F)(F)F)c2C(N)=O)CCN1C. The zero-order valence-corrected chi connectivity index (χ0v) is 28.0. The number of pyridine rings is 1. The van der Waals surface area contributed by atoms with Gasteiger partial charge in [-0.15, -0.1) is 0 Å². The van der Waals surface area contributed by atoms with Crippen molar-refractivity contribution in [3.05, 3.63) is 47.7 Å². The first-order valence-corrected chi connectivity index (χ1v) is 19.2. The van der Waals surface area contributed by atoms with E-state index >= 15 is 13.2 Å². The summed E-state index contributed by atoms with van der Waals surface area (Å²) in [5.41, 5.74) is 4.09. The molecule has 1 aromatic carbocycles. The summed E-state index contributed by atoms with van der Waals surface area (Å²) in [5, 5.41) is 0. The molecule has 2 fully saturated rings. The van der Waals surface area contributed by atoms with Crippen LogP contribution in [0.5, 0.6) is 5.88 Å². The Morgan fingerprint density at radius 1 is 1.04 bits per heavy atom. The number of carbonyl (C=O) groups excluding carboxylic acids is 1. The van der Waals surface area contributed by atoms with Gasteiger partial charge < -0.3 is 29.9 Å². The molecule has 0 radical (unpaired) electrons. The van der Waals surface area contributed by atoms with Gasteiger partial charge in [0.05, 0.1) is 36.5 Å². The second-order valence-corrected chi connectivity index (χ2v) is 18.7. The third-order valence-corrected chi connectivity index (χ3v) is 10.1. The molecule has 1 unspecified atom stereocenters. The summed E-state index contributed by atoms with van der Waals surface area (Å²) in [6, 6.07) is 9.04. The molecule has 0 aliphatic carbocycles. The average molecular weight is 658 g/mol. The van der Waals surface area contributed by atoms with Crippen LogP contribution in [-0.2, 0) is 10.9 Å². The quantitative estimate of drug-likeness (QED) is 0.318. The lowest BCUT2D eigenvalue weighted by Gasteiger charge is -2.39. The van der Waals surface area contributed by atoms with Crippen LogP contribution in [0, 0.1) is 0 Å². The van der Waals surface area contributed by atoms with Gasteiger partial charge in [-0.25, -0.2) is 9.97 Å². The van der Waals surface area contributed by atoms with Crippen LogP contribution >= 0.6 is 0 Å². The van der Waals surface area contributed by atoms with Crippen molar-refractivity contribution < 1.29 is 27.4 Å². The summed E-state index contributed by atoms with van der Waals surface area (Å²) in [4.78, 5) is 32.8. The van der Waals surface area contributed by atoms with Gasteiger partial charge >= 0.3 is 6.18 Å². The van der Waals surface area contributed by atoms with E-state index in [-0.39, 0.29) is 41.3 Å². The minimum Gasteiger partial charge on any atom is -0.477 e. The van der Waals surface area contributed by atoms with Gasteiger partial charge in [-0.3, -0.25) is 4.79 Å². The number of rotatable bonds is 9. The normalized spacial score (nSPS) is 18.1. The summed E-state index contributed by atoms with van der Waals surface area (Å²) >= 11 is 0. The number of aromatic nitrogens is 3. The summed E-state index contributed by atoms with van der Waals surface area (Å²) in [6.45, 7) is 12.3. The van der Waals surface area contributed by atoms with Crippen LogP contribution in [-0.4, -0.2) is 99.5 Å². The predicted octanol–water partition coefficient (Wildman–Crippen LogP) is 5.02. The highest BCUT2D eigenvalue weighted by Crippen LogP contribution is 2.48. The van der Waals surface area contributed by atoms with Crippen LogP contribution in [0.3, 0.4) is 0 Å². The maximum absolute atomic E-state index is 15.4. The predicted molar refractivity (Wildman–Crippen MR) is 175 cm³/mol. The molecule has 3 aromatic rings. The Bertz CT molecular complexity index is 1560. The first-order valence-electron chi connectivity index (χ1n) is 15.5. The molecule has 1 atom stereocenters. The van der Waals surface area contributed by atoms with E-state index in [1.807, 2.05) is 18.9 Å².